The SMILES string of the molecule is CC(C)(C)OC(=O)N1[C@@H]2CC[C@H]1CC(Oc1cc(CO)ccc1F)C2. The highest BCUT2D eigenvalue weighted by Gasteiger charge is 2.45. The van der Waals surface area contributed by atoms with Crippen LogP contribution in [0.5, 0.6) is 5.75 Å². The van der Waals surface area contributed by atoms with Crippen LogP contribution in [0.2, 0.25) is 0 Å². The van der Waals surface area contributed by atoms with Gasteiger partial charge in [0.2, 0.25) is 0 Å². The summed E-state index contributed by atoms with van der Waals surface area (Å²) in [5.41, 5.74) is 0.100. The highest BCUT2D eigenvalue weighted by molar-refractivity contribution is 5.69. The maximum absolute atomic E-state index is 14.0. The zero-order valence-corrected chi connectivity index (χ0v) is 15.0. The Balaban J connectivity index is 1.67. The van der Waals surface area contributed by atoms with E-state index in [2.05, 4.69) is 0 Å². The van der Waals surface area contributed by atoms with Crippen LogP contribution in [0.4, 0.5) is 9.18 Å². The van der Waals surface area contributed by atoms with Gasteiger partial charge in [0.1, 0.15) is 11.7 Å². The van der Waals surface area contributed by atoms with Crippen LogP contribution < -0.4 is 4.74 Å². The summed E-state index contributed by atoms with van der Waals surface area (Å²) in [6.07, 6.45) is 2.76. The fraction of sp³-hybridized carbons (Fsp3) is 0.632. The Morgan fingerprint density at radius 1 is 1.28 bits per heavy atom. The van der Waals surface area contributed by atoms with E-state index in [9.17, 15) is 14.3 Å². The van der Waals surface area contributed by atoms with Gasteiger partial charge in [-0.2, -0.15) is 0 Å². The van der Waals surface area contributed by atoms with Gasteiger partial charge in [0.05, 0.1) is 6.61 Å². The summed E-state index contributed by atoms with van der Waals surface area (Å²) in [5.74, 6) is -0.263. The number of halogens is 1. The van der Waals surface area contributed by atoms with Crippen LogP contribution in [0, 0.1) is 5.82 Å². The molecule has 2 fully saturated rings. The van der Waals surface area contributed by atoms with Crippen molar-refractivity contribution in [3.63, 3.8) is 0 Å². The first-order chi connectivity index (χ1) is 11.8. The third-order valence-corrected chi connectivity index (χ3v) is 4.77. The molecule has 0 aromatic heterocycles. The molecule has 2 saturated heterocycles. The Morgan fingerprint density at radius 3 is 2.48 bits per heavy atom. The summed E-state index contributed by atoms with van der Waals surface area (Å²) in [5, 5.41) is 9.21. The zero-order valence-electron chi connectivity index (χ0n) is 15.0. The lowest BCUT2D eigenvalue weighted by Gasteiger charge is -2.39. The fourth-order valence-corrected chi connectivity index (χ4v) is 3.75. The number of amides is 1. The summed E-state index contributed by atoms with van der Waals surface area (Å²) >= 11 is 0. The van der Waals surface area contributed by atoms with Crippen LogP contribution in [0.15, 0.2) is 18.2 Å². The summed E-state index contributed by atoms with van der Waals surface area (Å²) in [7, 11) is 0. The van der Waals surface area contributed by atoms with E-state index in [1.807, 2.05) is 25.7 Å². The Bertz CT molecular complexity index is 629. The molecular formula is C19H26FNO4. The van der Waals surface area contributed by atoms with Crippen molar-refractivity contribution in [2.45, 2.75) is 76.9 Å². The second kappa shape index (κ2) is 6.83. The summed E-state index contributed by atoms with van der Waals surface area (Å²) < 4.78 is 25.4. The number of ether oxygens (including phenoxy) is 2. The second-order valence-corrected chi connectivity index (χ2v) is 7.91. The Kier molecular flexibility index (Phi) is 4.91. The van der Waals surface area contributed by atoms with E-state index in [0.717, 1.165) is 12.8 Å². The van der Waals surface area contributed by atoms with Gasteiger partial charge in [-0.15, -0.1) is 0 Å². The highest BCUT2D eigenvalue weighted by Crippen LogP contribution is 2.38. The molecule has 6 heteroatoms. The molecule has 0 saturated carbocycles. The highest BCUT2D eigenvalue weighted by atomic mass is 19.1. The minimum absolute atomic E-state index is 0.0719. The molecule has 2 aliphatic heterocycles. The topological polar surface area (TPSA) is 59.0 Å². The maximum atomic E-state index is 14.0. The number of carbonyl (C=O) groups excluding carboxylic acids is 1. The van der Waals surface area contributed by atoms with Crippen LogP contribution >= 0.6 is 0 Å². The van der Waals surface area contributed by atoms with Gasteiger partial charge in [0.25, 0.3) is 0 Å². The van der Waals surface area contributed by atoms with Crippen LogP contribution in [-0.4, -0.2) is 39.9 Å². The second-order valence-electron chi connectivity index (χ2n) is 7.91. The van der Waals surface area contributed by atoms with Crippen molar-refractivity contribution >= 4 is 6.09 Å². The van der Waals surface area contributed by atoms with Crippen molar-refractivity contribution in [1.29, 1.82) is 0 Å². The molecule has 1 aromatic rings. The predicted octanol–water partition coefficient (Wildman–Crippen LogP) is 3.63. The molecule has 1 N–H and O–H groups in total. The van der Waals surface area contributed by atoms with Crippen molar-refractivity contribution in [1.82, 2.24) is 4.90 Å². The molecule has 0 radical (unpaired) electrons. The summed E-state index contributed by atoms with van der Waals surface area (Å²) in [6.45, 7) is 5.43. The summed E-state index contributed by atoms with van der Waals surface area (Å²) in [6, 6.07) is 4.53. The smallest absolute Gasteiger partial charge is 0.410 e. The minimum atomic E-state index is -0.516. The molecule has 3 rings (SSSR count). The van der Waals surface area contributed by atoms with Crippen LogP contribution in [0.25, 0.3) is 0 Å². The molecule has 138 valence electrons. The van der Waals surface area contributed by atoms with Gasteiger partial charge in [-0.05, 0) is 51.3 Å². The van der Waals surface area contributed by atoms with Gasteiger partial charge in [-0.1, -0.05) is 6.07 Å². The zero-order chi connectivity index (χ0) is 18.2. The van der Waals surface area contributed by atoms with E-state index in [-0.39, 0.29) is 36.6 Å². The number of carbonyl (C=O) groups is 1. The number of hydrogen-bond donors (Lipinski definition) is 1. The summed E-state index contributed by atoms with van der Waals surface area (Å²) in [4.78, 5) is 14.3. The molecule has 0 spiro atoms. The molecule has 0 aliphatic carbocycles. The van der Waals surface area contributed by atoms with Gasteiger partial charge in [0.15, 0.2) is 11.6 Å². The first kappa shape index (κ1) is 18.0. The van der Waals surface area contributed by atoms with Gasteiger partial charge in [-0.25, -0.2) is 9.18 Å². The Morgan fingerprint density at radius 2 is 1.92 bits per heavy atom. The molecular weight excluding hydrogens is 325 g/mol. The number of aliphatic hydroxyl groups excluding tert-OH is 1. The standard InChI is InChI=1S/C19H26FNO4/c1-19(2,3)25-18(23)21-13-5-6-14(21)10-15(9-13)24-17-8-12(11-22)4-7-16(17)20/h4,7-8,13-15,22H,5-6,9-11H2,1-3H3/t13-,14+,15?. The lowest BCUT2D eigenvalue weighted by atomic mass is 10.00. The van der Waals surface area contributed by atoms with Gasteiger partial charge in [-0.3, -0.25) is 0 Å². The maximum Gasteiger partial charge on any atom is 0.410 e. The van der Waals surface area contributed by atoms with Gasteiger partial charge in [0, 0.05) is 24.9 Å². The van der Waals surface area contributed by atoms with Crippen LogP contribution in [0.3, 0.4) is 0 Å². The van der Waals surface area contributed by atoms with Crippen LogP contribution in [0.1, 0.15) is 52.0 Å². The molecule has 2 heterocycles. The number of fused-ring (bicyclic) bond motifs is 2. The first-order valence-corrected chi connectivity index (χ1v) is 8.84. The number of hydrogen-bond acceptors (Lipinski definition) is 4. The number of rotatable bonds is 3. The van der Waals surface area contributed by atoms with E-state index in [1.54, 1.807) is 0 Å². The largest absolute Gasteiger partial charge is 0.487 e. The quantitative estimate of drug-likeness (QED) is 0.903. The predicted molar refractivity (Wildman–Crippen MR) is 90.9 cm³/mol. The van der Waals surface area contributed by atoms with Crippen molar-refractivity contribution < 1.29 is 23.8 Å². The van der Waals surface area contributed by atoms with E-state index >= 15 is 0 Å². The lowest BCUT2D eigenvalue weighted by Crippen LogP contribution is -2.50. The van der Waals surface area contributed by atoms with Crippen molar-refractivity contribution in [3.05, 3.63) is 29.6 Å². The van der Waals surface area contributed by atoms with Crippen molar-refractivity contribution in [2.24, 2.45) is 0 Å². The number of piperidine rings is 1. The monoisotopic (exact) mass is 351 g/mol. The fourth-order valence-electron chi connectivity index (χ4n) is 3.75. The van der Waals surface area contributed by atoms with E-state index < -0.39 is 11.4 Å². The number of benzene rings is 1. The molecule has 1 aromatic carbocycles. The van der Waals surface area contributed by atoms with E-state index in [0.29, 0.717) is 18.4 Å². The van der Waals surface area contributed by atoms with Gasteiger partial charge < -0.3 is 19.5 Å². The van der Waals surface area contributed by atoms with Crippen LogP contribution in [-0.2, 0) is 11.3 Å². The minimum Gasteiger partial charge on any atom is -0.487 e. The average Bonchev–Trinajstić information content (AvgIpc) is 2.79. The molecule has 2 bridgehead atoms. The third-order valence-electron chi connectivity index (χ3n) is 4.77. The normalized spacial score (nSPS) is 25.8. The van der Waals surface area contributed by atoms with E-state index in [4.69, 9.17) is 9.47 Å². The molecule has 5 nitrogen and oxygen atoms in total. The van der Waals surface area contributed by atoms with E-state index in [1.165, 1.54) is 18.2 Å². The molecule has 25 heavy (non-hydrogen) atoms. The number of aliphatic hydroxyl groups is 1. The Labute approximate surface area is 147 Å². The first-order valence-electron chi connectivity index (χ1n) is 8.84. The lowest BCUT2D eigenvalue weighted by molar-refractivity contribution is -0.00755. The number of nitrogens with zero attached hydrogens (tertiary/aromatic N) is 1. The third kappa shape index (κ3) is 4.06. The van der Waals surface area contributed by atoms with Crippen molar-refractivity contribution in [2.75, 3.05) is 0 Å². The Hall–Kier alpha value is -1.82. The molecule has 1 unspecified atom stereocenters. The molecule has 2 aliphatic rings. The molecule has 3 atom stereocenters. The van der Waals surface area contributed by atoms with Crippen molar-refractivity contribution in [3.8, 4) is 5.75 Å². The molecule has 1 amide bonds. The van der Waals surface area contributed by atoms with Gasteiger partial charge >= 0.3 is 6.09 Å². The average molecular weight is 351 g/mol.